The summed E-state index contributed by atoms with van der Waals surface area (Å²) >= 11 is 11.9. The van der Waals surface area contributed by atoms with Crippen LogP contribution in [0.1, 0.15) is 10.4 Å². The Labute approximate surface area is 204 Å². The molecule has 4 rings (SSSR count). The minimum Gasteiger partial charge on any atom is -0.480 e. The Morgan fingerprint density at radius 2 is 1.82 bits per heavy atom. The Kier molecular flexibility index (Phi) is 6.43. The van der Waals surface area contributed by atoms with Gasteiger partial charge in [-0.25, -0.2) is 8.42 Å². The normalized spacial score (nSPS) is 14.2. The molecule has 3 N–H and O–H groups in total. The molecule has 0 aliphatic carbocycles. The summed E-state index contributed by atoms with van der Waals surface area (Å²) in [6.45, 7) is -0.196. The van der Waals surface area contributed by atoms with Gasteiger partial charge in [0.05, 0.1) is 22.7 Å². The van der Waals surface area contributed by atoms with Crippen molar-refractivity contribution in [2.75, 3.05) is 30.5 Å². The zero-order valence-corrected chi connectivity index (χ0v) is 19.7. The first-order chi connectivity index (χ1) is 16.1. The lowest BCUT2D eigenvalue weighted by Gasteiger charge is -2.26. The van der Waals surface area contributed by atoms with Gasteiger partial charge in [0, 0.05) is 40.2 Å². The average molecular weight is 525 g/mol. The highest BCUT2D eigenvalue weighted by molar-refractivity contribution is 7.92. The lowest BCUT2D eigenvalue weighted by atomic mass is 10.1. The van der Waals surface area contributed by atoms with Crippen LogP contribution in [0.3, 0.4) is 0 Å². The van der Waals surface area contributed by atoms with E-state index in [1.165, 1.54) is 47.5 Å². The van der Waals surface area contributed by atoms with Gasteiger partial charge in [-0.1, -0.05) is 23.2 Å². The Bertz CT molecular complexity index is 1400. The summed E-state index contributed by atoms with van der Waals surface area (Å²) < 4.78 is 27.3. The number of sulfonamides is 1. The van der Waals surface area contributed by atoms with Crippen LogP contribution in [0.5, 0.6) is 0 Å². The molecule has 178 valence electrons. The number of aromatic amines is 1. The molecular weight excluding hydrogens is 507 g/mol. The highest BCUT2D eigenvalue weighted by atomic mass is 35.5. The number of aliphatic carboxylic acids is 1. The summed E-state index contributed by atoms with van der Waals surface area (Å²) in [5.74, 6) is -1.97. The maximum Gasteiger partial charge on any atom is 0.324 e. The molecule has 0 bridgehead atoms. The van der Waals surface area contributed by atoms with Gasteiger partial charge in [0.1, 0.15) is 6.54 Å². The fraction of sp³-hybridized carbons (Fsp3) is 0.190. The second-order valence-corrected chi connectivity index (χ2v) is 10.3. The van der Waals surface area contributed by atoms with Crippen molar-refractivity contribution in [2.24, 2.45) is 0 Å². The van der Waals surface area contributed by atoms with Gasteiger partial charge in [0.2, 0.25) is 5.91 Å². The van der Waals surface area contributed by atoms with Crippen molar-refractivity contribution >= 4 is 67.6 Å². The van der Waals surface area contributed by atoms with E-state index in [0.717, 1.165) is 0 Å². The van der Waals surface area contributed by atoms with Crippen LogP contribution in [0, 0.1) is 0 Å². The summed E-state index contributed by atoms with van der Waals surface area (Å²) in [6.07, 6.45) is 1.47. The molecule has 0 saturated carbocycles. The van der Waals surface area contributed by atoms with Crippen molar-refractivity contribution < 1.29 is 27.9 Å². The van der Waals surface area contributed by atoms with E-state index in [0.29, 0.717) is 33.9 Å². The molecule has 0 unspecified atom stereocenters. The lowest BCUT2D eigenvalue weighted by molar-refractivity contribution is -0.135. The van der Waals surface area contributed by atoms with Crippen LogP contribution in [-0.2, 0) is 19.6 Å². The number of fused-ring (bicyclic) bond motifs is 1. The monoisotopic (exact) mass is 524 g/mol. The molecule has 2 aromatic carbocycles. The van der Waals surface area contributed by atoms with Gasteiger partial charge in [-0.3, -0.25) is 18.7 Å². The molecule has 34 heavy (non-hydrogen) atoms. The largest absolute Gasteiger partial charge is 0.480 e. The number of hydrogen-bond acceptors (Lipinski definition) is 5. The van der Waals surface area contributed by atoms with Gasteiger partial charge in [0.15, 0.2) is 0 Å². The Hall–Kier alpha value is -3.28. The van der Waals surface area contributed by atoms with Gasteiger partial charge in [0.25, 0.3) is 15.9 Å². The topological polar surface area (TPSA) is 140 Å². The Balaban J connectivity index is 1.73. The molecule has 0 spiro atoms. The van der Waals surface area contributed by atoms with Crippen molar-refractivity contribution in [1.82, 2.24) is 15.2 Å². The van der Waals surface area contributed by atoms with Crippen LogP contribution in [0.2, 0.25) is 10.0 Å². The van der Waals surface area contributed by atoms with Crippen LogP contribution in [0.25, 0.3) is 10.9 Å². The number of carbonyl (C=O) groups is 3. The summed E-state index contributed by atoms with van der Waals surface area (Å²) in [6, 6.07) is 8.07. The Morgan fingerprint density at radius 3 is 2.47 bits per heavy atom. The van der Waals surface area contributed by atoms with Gasteiger partial charge >= 0.3 is 5.97 Å². The fourth-order valence-corrected chi connectivity index (χ4v) is 5.80. The summed E-state index contributed by atoms with van der Waals surface area (Å²) in [4.78, 5) is 40.1. The van der Waals surface area contributed by atoms with Crippen LogP contribution in [0.4, 0.5) is 5.69 Å². The third-order valence-corrected chi connectivity index (χ3v) is 7.40. The molecule has 1 saturated heterocycles. The molecule has 0 radical (unpaired) electrons. The summed E-state index contributed by atoms with van der Waals surface area (Å²) in [5.41, 5.74) is 0.784. The number of benzene rings is 2. The van der Waals surface area contributed by atoms with E-state index in [1.807, 2.05) is 0 Å². The van der Waals surface area contributed by atoms with E-state index < -0.39 is 22.5 Å². The average Bonchev–Trinajstić information content (AvgIpc) is 3.19. The maximum absolute atomic E-state index is 13.3. The smallest absolute Gasteiger partial charge is 0.324 e. The number of hydrogen-bond donors (Lipinski definition) is 3. The zero-order valence-electron chi connectivity index (χ0n) is 17.4. The highest BCUT2D eigenvalue weighted by Gasteiger charge is 2.29. The standard InChI is InChI=1S/C21H18Cl2N4O6S/c22-12-5-13(23)7-15(6-12)34(32,33)27(11-20(29)30)14-1-2-16-17(9-25-18(16)8-14)21(31)26-4-3-24-19(28)10-26/h1-2,5-9,25H,3-4,10-11H2,(H,24,28)(H,29,30). The third-order valence-electron chi connectivity index (χ3n) is 5.21. The van der Waals surface area contributed by atoms with E-state index in [9.17, 15) is 27.9 Å². The SMILES string of the molecule is O=C(O)CN(c1ccc2c(C(=O)N3CCNC(=O)C3)c[nH]c2c1)S(=O)(=O)c1cc(Cl)cc(Cl)c1. The van der Waals surface area contributed by atoms with Crippen molar-refractivity contribution in [3.63, 3.8) is 0 Å². The van der Waals surface area contributed by atoms with Crippen LogP contribution < -0.4 is 9.62 Å². The number of carboxylic acid groups (broad SMARTS) is 1. The molecule has 2 heterocycles. The third kappa shape index (κ3) is 4.67. The first-order valence-corrected chi connectivity index (χ1v) is 12.1. The first kappa shape index (κ1) is 23.9. The van der Waals surface area contributed by atoms with Crippen LogP contribution in [0.15, 0.2) is 47.5 Å². The Morgan fingerprint density at radius 1 is 1.12 bits per heavy atom. The van der Waals surface area contributed by atoms with Crippen molar-refractivity contribution in [3.8, 4) is 0 Å². The number of rotatable bonds is 6. The number of halogens is 2. The second kappa shape index (κ2) is 9.16. The van der Waals surface area contributed by atoms with E-state index in [4.69, 9.17) is 23.2 Å². The molecule has 1 aromatic heterocycles. The quantitative estimate of drug-likeness (QED) is 0.452. The molecule has 1 aliphatic rings. The predicted molar refractivity (Wildman–Crippen MR) is 126 cm³/mol. The van der Waals surface area contributed by atoms with Gasteiger partial charge in [-0.2, -0.15) is 0 Å². The molecule has 13 heteroatoms. The van der Waals surface area contributed by atoms with E-state index in [2.05, 4.69) is 10.3 Å². The molecule has 2 amide bonds. The minimum absolute atomic E-state index is 0.0591. The molecule has 1 fully saturated rings. The van der Waals surface area contributed by atoms with E-state index >= 15 is 0 Å². The molecule has 1 aliphatic heterocycles. The number of H-pyrrole nitrogens is 1. The van der Waals surface area contributed by atoms with Gasteiger partial charge in [-0.05, 0) is 36.4 Å². The summed E-state index contributed by atoms with van der Waals surface area (Å²) in [7, 11) is -4.35. The second-order valence-electron chi connectivity index (χ2n) is 7.52. The maximum atomic E-state index is 13.3. The number of carboxylic acids is 1. The van der Waals surface area contributed by atoms with Crippen molar-refractivity contribution in [1.29, 1.82) is 0 Å². The fourth-order valence-electron chi connectivity index (χ4n) is 3.67. The number of piperazine rings is 1. The van der Waals surface area contributed by atoms with Crippen LogP contribution in [-0.4, -0.2) is 67.4 Å². The molecule has 10 nitrogen and oxygen atoms in total. The summed E-state index contributed by atoms with van der Waals surface area (Å²) in [5, 5.41) is 12.7. The number of nitrogens with one attached hydrogen (secondary N) is 2. The number of nitrogens with zero attached hydrogens (tertiary/aromatic N) is 2. The van der Waals surface area contributed by atoms with E-state index in [1.54, 1.807) is 0 Å². The van der Waals surface area contributed by atoms with Gasteiger partial charge < -0.3 is 20.3 Å². The lowest BCUT2D eigenvalue weighted by Crippen LogP contribution is -2.49. The molecule has 3 aromatic rings. The van der Waals surface area contributed by atoms with Crippen LogP contribution >= 0.6 is 23.2 Å². The van der Waals surface area contributed by atoms with Crippen molar-refractivity contribution in [3.05, 3.63) is 58.2 Å². The molecule has 0 atom stereocenters. The molecular formula is C21H18Cl2N4O6S. The number of carbonyl (C=O) groups excluding carboxylic acids is 2. The number of amides is 2. The number of anilines is 1. The minimum atomic E-state index is -4.35. The predicted octanol–water partition coefficient (Wildman–Crippen LogP) is 2.33. The van der Waals surface area contributed by atoms with E-state index in [-0.39, 0.29) is 39.0 Å². The zero-order chi connectivity index (χ0) is 24.6. The first-order valence-electron chi connectivity index (χ1n) is 9.94. The highest BCUT2D eigenvalue weighted by Crippen LogP contribution is 2.31. The van der Waals surface area contributed by atoms with Gasteiger partial charge in [-0.15, -0.1) is 0 Å². The number of aromatic nitrogens is 1. The van der Waals surface area contributed by atoms with Crippen molar-refractivity contribution in [2.45, 2.75) is 4.90 Å².